The van der Waals surface area contributed by atoms with Crippen molar-refractivity contribution in [3.05, 3.63) is 63.9 Å². The van der Waals surface area contributed by atoms with Gasteiger partial charge in [-0.05, 0) is 33.1 Å². The van der Waals surface area contributed by atoms with E-state index in [1.54, 1.807) is 12.3 Å². The maximum atomic E-state index is 12.7. The molecule has 0 saturated heterocycles. The van der Waals surface area contributed by atoms with Crippen LogP contribution in [0.25, 0.3) is 0 Å². The molecule has 2 amide bonds. The standard InChI is InChI=1S/C16H14BrN3O2/c17-13-5-12(7-19-8-13)16(22)20-9-11-4-2-1-3-10(11)6-14(20)15(18)21/h1-5,7-8,14H,6,9H2,(H2,18,21)/t14-/m1/s1. The van der Waals surface area contributed by atoms with Crippen molar-refractivity contribution in [2.45, 2.75) is 19.0 Å². The van der Waals surface area contributed by atoms with Gasteiger partial charge in [0.2, 0.25) is 5.91 Å². The van der Waals surface area contributed by atoms with Gasteiger partial charge in [0.25, 0.3) is 5.91 Å². The monoisotopic (exact) mass is 359 g/mol. The fourth-order valence-electron chi connectivity index (χ4n) is 2.69. The molecule has 5 nitrogen and oxygen atoms in total. The van der Waals surface area contributed by atoms with E-state index in [1.807, 2.05) is 24.3 Å². The van der Waals surface area contributed by atoms with E-state index >= 15 is 0 Å². The number of carbonyl (C=O) groups is 2. The molecule has 1 aromatic heterocycles. The largest absolute Gasteiger partial charge is 0.368 e. The minimum absolute atomic E-state index is 0.243. The first-order chi connectivity index (χ1) is 10.6. The molecule has 2 aromatic rings. The number of rotatable bonds is 2. The summed E-state index contributed by atoms with van der Waals surface area (Å²) in [5.74, 6) is -0.738. The number of halogens is 1. The third-order valence-electron chi connectivity index (χ3n) is 3.79. The van der Waals surface area contributed by atoms with Gasteiger partial charge in [-0.1, -0.05) is 24.3 Å². The van der Waals surface area contributed by atoms with Crippen LogP contribution in [0, 0.1) is 0 Å². The predicted octanol–water partition coefficient (Wildman–Crippen LogP) is 1.90. The first kappa shape index (κ1) is 14.7. The summed E-state index contributed by atoms with van der Waals surface area (Å²) in [6, 6.07) is 8.83. The maximum absolute atomic E-state index is 12.7. The van der Waals surface area contributed by atoms with Crippen molar-refractivity contribution in [3.8, 4) is 0 Å². The highest BCUT2D eigenvalue weighted by molar-refractivity contribution is 9.10. The number of hydrogen-bond acceptors (Lipinski definition) is 3. The molecule has 0 unspecified atom stereocenters. The molecule has 0 saturated carbocycles. The molecule has 0 radical (unpaired) electrons. The summed E-state index contributed by atoms with van der Waals surface area (Å²) in [6.45, 7) is 0.370. The highest BCUT2D eigenvalue weighted by Gasteiger charge is 2.33. The Labute approximate surface area is 136 Å². The van der Waals surface area contributed by atoms with Gasteiger partial charge in [0.15, 0.2) is 0 Å². The SMILES string of the molecule is NC(=O)[C@H]1Cc2ccccc2CN1C(=O)c1cncc(Br)c1. The Morgan fingerprint density at radius 2 is 1.95 bits per heavy atom. The van der Waals surface area contributed by atoms with Gasteiger partial charge in [-0.25, -0.2) is 0 Å². The van der Waals surface area contributed by atoms with Crippen molar-refractivity contribution in [1.29, 1.82) is 0 Å². The van der Waals surface area contributed by atoms with Gasteiger partial charge in [-0.2, -0.15) is 0 Å². The minimum Gasteiger partial charge on any atom is -0.368 e. The fourth-order valence-corrected chi connectivity index (χ4v) is 3.05. The summed E-state index contributed by atoms with van der Waals surface area (Å²) in [6.07, 6.45) is 3.54. The zero-order valence-electron chi connectivity index (χ0n) is 11.7. The normalized spacial score (nSPS) is 17.0. The van der Waals surface area contributed by atoms with Crippen LogP contribution >= 0.6 is 15.9 Å². The average molecular weight is 360 g/mol. The molecular weight excluding hydrogens is 346 g/mol. The number of aromatic nitrogens is 1. The third-order valence-corrected chi connectivity index (χ3v) is 4.22. The van der Waals surface area contributed by atoms with Crippen LogP contribution in [0.15, 0.2) is 47.2 Å². The van der Waals surface area contributed by atoms with Crippen LogP contribution in [0.2, 0.25) is 0 Å². The molecule has 0 fully saturated rings. The summed E-state index contributed by atoms with van der Waals surface area (Å²) < 4.78 is 0.714. The molecule has 1 aromatic carbocycles. The molecular formula is C16H14BrN3O2. The zero-order valence-corrected chi connectivity index (χ0v) is 13.3. The van der Waals surface area contributed by atoms with E-state index in [1.165, 1.54) is 11.1 Å². The number of pyridine rings is 1. The van der Waals surface area contributed by atoms with E-state index in [9.17, 15) is 9.59 Å². The second-order valence-electron chi connectivity index (χ2n) is 5.22. The van der Waals surface area contributed by atoms with Gasteiger partial charge in [0.05, 0.1) is 5.56 Å². The van der Waals surface area contributed by atoms with Crippen molar-refractivity contribution in [2.24, 2.45) is 5.73 Å². The molecule has 22 heavy (non-hydrogen) atoms. The molecule has 1 aliphatic heterocycles. The Hall–Kier alpha value is -2.21. The van der Waals surface area contributed by atoms with Gasteiger partial charge >= 0.3 is 0 Å². The van der Waals surface area contributed by atoms with Crippen LogP contribution in [0.4, 0.5) is 0 Å². The van der Waals surface area contributed by atoms with Crippen molar-refractivity contribution >= 4 is 27.7 Å². The highest BCUT2D eigenvalue weighted by Crippen LogP contribution is 2.25. The maximum Gasteiger partial charge on any atom is 0.256 e. The number of hydrogen-bond donors (Lipinski definition) is 1. The highest BCUT2D eigenvalue weighted by atomic mass is 79.9. The Bertz CT molecular complexity index is 748. The first-order valence-corrected chi connectivity index (χ1v) is 7.63. The summed E-state index contributed by atoms with van der Waals surface area (Å²) in [7, 11) is 0. The van der Waals surface area contributed by atoms with Gasteiger partial charge in [0.1, 0.15) is 6.04 Å². The number of carbonyl (C=O) groups excluding carboxylic acids is 2. The smallest absolute Gasteiger partial charge is 0.256 e. The van der Waals surface area contributed by atoms with E-state index < -0.39 is 11.9 Å². The minimum atomic E-state index is -0.638. The summed E-state index contributed by atoms with van der Waals surface area (Å²) >= 11 is 3.30. The lowest BCUT2D eigenvalue weighted by molar-refractivity contribution is -0.122. The fraction of sp³-hybridized carbons (Fsp3) is 0.188. The number of primary amides is 1. The molecule has 1 aliphatic rings. The van der Waals surface area contributed by atoms with Gasteiger partial charge in [-0.3, -0.25) is 14.6 Å². The molecule has 6 heteroatoms. The lowest BCUT2D eigenvalue weighted by atomic mass is 9.93. The molecule has 3 rings (SSSR count). The van der Waals surface area contributed by atoms with Gasteiger partial charge in [-0.15, -0.1) is 0 Å². The molecule has 1 atom stereocenters. The van der Waals surface area contributed by atoms with E-state index in [0.29, 0.717) is 23.0 Å². The average Bonchev–Trinajstić information content (AvgIpc) is 2.52. The number of nitrogens with zero attached hydrogens (tertiary/aromatic N) is 2. The Morgan fingerprint density at radius 1 is 1.23 bits per heavy atom. The quantitative estimate of drug-likeness (QED) is 0.889. The first-order valence-electron chi connectivity index (χ1n) is 6.84. The number of nitrogens with two attached hydrogens (primary N) is 1. The molecule has 2 heterocycles. The lowest BCUT2D eigenvalue weighted by Crippen LogP contribution is -2.51. The summed E-state index contributed by atoms with van der Waals surface area (Å²) in [5, 5.41) is 0. The second-order valence-corrected chi connectivity index (χ2v) is 6.13. The predicted molar refractivity (Wildman–Crippen MR) is 84.9 cm³/mol. The summed E-state index contributed by atoms with van der Waals surface area (Å²) in [4.78, 5) is 30.0. The van der Waals surface area contributed by atoms with Crippen LogP contribution < -0.4 is 5.73 Å². The summed E-state index contributed by atoms with van der Waals surface area (Å²) in [5.41, 5.74) is 8.03. The number of amides is 2. The van der Waals surface area contributed by atoms with E-state index in [0.717, 1.165) is 11.1 Å². The van der Waals surface area contributed by atoms with E-state index in [4.69, 9.17) is 5.73 Å². The van der Waals surface area contributed by atoms with Crippen molar-refractivity contribution < 1.29 is 9.59 Å². The molecule has 0 bridgehead atoms. The Kier molecular flexibility index (Phi) is 3.94. The van der Waals surface area contributed by atoms with Crippen LogP contribution in [0.3, 0.4) is 0 Å². The molecule has 2 N–H and O–H groups in total. The topological polar surface area (TPSA) is 76.3 Å². The van der Waals surface area contributed by atoms with Crippen LogP contribution in [0.5, 0.6) is 0 Å². The van der Waals surface area contributed by atoms with Crippen molar-refractivity contribution in [1.82, 2.24) is 9.88 Å². The van der Waals surface area contributed by atoms with E-state index in [-0.39, 0.29) is 5.91 Å². The third kappa shape index (κ3) is 2.74. The molecule has 112 valence electrons. The van der Waals surface area contributed by atoms with Crippen LogP contribution in [-0.2, 0) is 17.8 Å². The van der Waals surface area contributed by atoms with E-state index in [2.05, 4.69) is 20.9 Å². The van der Waals surface area contributed by atoms with Crippen LogP contribution in [0.1, 0.15) is 21.5 Å². The van der Waals surface area contributed by atoms with Crippen molar-refractivity contribution in [3.63, 3.8) is 0 Å². The lowest BCUT2D eigenvalue weighted by Gasteiger charge is -2.35. The second kappa shape index (κ2) is 5.88. The van der Waals surface area contributed by atoms with Gasteiger partial charge in [0, 0.05) is 29.8 Å². The van der Waals surface area contributed by atoms with Gasteiger partial charge < -0.3 is 10.6 Å². The van der Waals surface area contributed by atoms with Crippen LogP contribution in [-0.4, -0.2) is 27.7 Å². The number of fused-ring (bicyclic) bond motifs is 1. The molecule has 0 aliphatic carbocycles. The molecule has 0 spiro atoms. The zero-order chi connectivity index (χ0) is 15.7. The Balaban J connectivity index is 1.97. The van der Waals surface area contributed by atoms with Crippen molar-refractivity contribution in [2.75, 3.05) is 0 Å². The number of benzene rings is 1. The Morgan fingerprint density at radius 3 is 2.64 bits per heavy atom.